The molecular weight excluding hydrogens is 246 g/mol. The van der Waals surface area contributed by atoms with Gasteiger partial charge in [-0.25, -0.2) is 4.98 Å². The predicted molar refractivity (Wildman–Crippen MR) is 73.2 cm³/mol. The van der Waals surface area contributed by atoms with Crippen LogP contribution < -0.4 is 11.1 Å². The van der Waals surface area contributed by atoms with Crippen LogP contribution in [0.4, 0.5) is 0 Å². The van der Waals surface area contributed by atoms with Crippen molar-refractivity contribution in [1.82, 2.24) is 10.3 Å². The van der Waals surface area contributed by atoms with Crippen LogP contribution in [0.15, 0.2) is 6.20 Å². The van der Waals surface area contributed by atoms with Crippen LogP contribution in [-0.4, -0.2) is 16.9 Å². The van der Waals surface area contributed by atoms with Crippen LogP contribution in [0, 0.1) is 12.8 Å². The van der Waals surface area contributed by atoms with Gasteiger partial charge in [0.2, 0.25) is 5.91 Å². The van der Waals surface area contributed by atoms with Gasteiger partial charge in [0, 0.05) is 17.1 Å². The zero-order valence-corrected chi connectivity index (χ0v) is 11.6. The van der Waals surface area contributed by atoms with Crippen molar-refractivity contribution in [3.05, 3.63) is 16.1 Å². The Morgan fingerprint density at radius 1 is 1.50 bits per heavy atom. The molecule has 18 heavy (non-hydrogen) atoms. The molecule has 0 bridgehead atoms. The maximum absolute atomic E-state index is 12.1. The van der Waals surface area contributed by atoms with Crippen molar-refractivity contribution in [1.29, 1.82) is 0 Å². The van der Waals surface area contributed by atoms with E-state index >= 15 is 0 Å². The normalized spacial score (nSPS) is 24.6. The largest absolute Gasteiger partial charge is 0.349 e. The molecule has 1 aliphatic carbocycles. The van der Waals surface area contributed by atoms with Gasteiger partial charge >= 0.3 is 0 Å². The van der Waals surface area contributed by atoms with Gasteiger partial charge in [-0.05, 0) is 19.8 Å². The van der Waals surface area contributed by atoms with E-state index in [-0.39, 0.29) is 17.9 Å². The van der Waals surface area contributed by atoms with Gasteiger partial charge in [-0.3, -0.25) is 4.79 Å². The lowest BCUT2D eigenvalue weighted by Gasteiger charge is -2.20. The smallest absolute Gasteiger partial charge is 0.225 e. The SMILES string of the molecule is Cc1cnc(CNC(=O)C2CCCCCC2N)s1. The standard InChI is InChI=1S/C13H21N3OS/c1-9-7-15-12(18-9)8-16-13(17)10-5-3-2-4-6-11(10)14/h7,10-11H,2-6,8,14H2,1H3,(H,16,17). The fourth-order valence-electron chi connectivity index (χ4n) is 2.44. The Kier molecular flexibility index (Phi) is 4.72. The predicted octanol–water partition coefficient (Wildman–Crippen LogP) is 1.98. The van der Waals surface area contributed by atoms with Crippen LogP contribution in [0.25, 0.3) is 0 Å². The van der Waals surface area contributed by atoms with E-state index in [1.165, 1.54) is 11.3 Å². The second-order valence-electron chi connectivity index (χ2n) is 4.99. The third-order valence-corrected chi connectivity index (χ3v) is 4.40. The van der Waals surface area contributed by atoms with E-state index in [0.717, 1.165) is 30.7 Å². The monoisotopic (exact) mass is 267 g/mol. The van der Waals surface area contributed by atoms with Crippen molar-refractivity contribution in [2.24, 2.45) is 11.7 Å². The van der Waals surface area contributed by atoms with Crippen molar-refractivity contribution in [2.45, 2.75) is 51.6 Å². The maximum atomic E-state index is 12.1. The lowest BCUT2D eigenvalue weighted by molar-refractivity contribution is -0.126. The average Bonchev–Trinajstić information content (AvgIpc) is 2.64. The third-order valence-electron chi connectivity index (χ3n) is 3.49. The summed E-state index contributed by atoms with van der Waals surface area (Å²) in [5.41, 5.74) is 6.08. The summed E-state index contributed by atoms with van der Waals surface area (Å²) >= 11 is 1.62. The second kappa shape index (κ2) is 6.29. The highest BCUT2D eigenvalue weighted by molar-refractivity contribution is 7.11. The summed E-state index contributed by atoms with van der Waals surface area (Å²) in [6, 6.07) is 0.0190. The van der Waals surface area contributed by atoms with Crippen molar-refractivity contribution in [3.63, 3.8) is 0 Å². The molecule has 0 spiro atoms. The Bertz CT molecular complexity index is 405. The number of hydrogen-bond acceptors (Lipinski definition) is 4. The highest BCUT2D eigenvalue weighted by Crippen LogP contribution is 2.22. The zero-order valence-electron chi connectivity index (χ0n) is 10.8. The third kappa shape index (κ3) is 3.53. The number of nitrogens with two attached hydrogens (primary N) is 1. The van der Waals surface area contributed by atoms with Gasteiger partial charge in [0.25, 0.3) is 0 Å². The van der Waals surface area contributed by atoms with Crippen molar-refractivity contribution in [3.8, 4) is 0 Å². The number of nitrogens with zero attached hydrogens (tertiary/aromatic N) is 1. The van der Waals surface area contributed by atoms with Crippen LogP contribution >= 0.6 is 11.3 Å². The van der Waals surface area contributed by atoms with Crippen LogP contribution in [0.5, 0.6) is 0 Å². The summed E-state index contributed by atoms with van der Waals surface area (Å²) in [7, 11) is 0. The lowest BCUT2D eigenvalue weighted by atomic mass is 9.95. The summed E-state index contributed by atoms with van der Waals surface area (Å²) in [6.45, 7) is 2.55. The molecule has 4 nitrogen and oxygen atoms in total. The average molecular weight is 267 g/mol. The quantitative estimate of drug-likeness (QED) is 0.823. The summed E-state index contributed by atoms with van der Waals surface area (Å²) in [4.78, 5) is 17.5. The van der Waals surface area contributed by atoms with Crippen molar-refractivity contribution >= 4 is 17.2 Å². The first kappa shape index (κ1) is 13.5. The van der Waals surface area contributed by atoms with E-state index in [0.29, 0.717) is 6.54 Å². The number of carbonyl (C=O) groups excluding carboxylic acids is 1. The molecule has 0 aromatic carbocycles. The van der Waals surface area contributed by atoms with Gasteiger partial charge in [0.05, 0.1) is 12.5 Å². The maximum Gasteiger partial charge on any atom is 0.225 e. The number of rotatable bonds is 3. The molecule has 1 fully saturated rings. The van der Waals surface area contributed by atoms with E-state index in [4.69, 9.17) is 5.73 Å². The van der Waals surface area contributed by atoms with Gasteiger partial charge in [-0.15, -0.1) is 11.3 Å². The summed E-state index contributed by atoms with van der Waals surface area (Å²) < 4.78 is 0. The first-order chi connectivity index (χ1) is 8.66. The topological polar surface area (TPSA) is 68.0 Å². The van der Waals surface area contributed by atoms with Gasteiger partial charge in [0.1, 0.15) is 5.01 Å². The van der Waals surface area contributed by atoms with Gasteiger partial charge in [-0.1, -0.05) is 19.3 Å². The molecule has 1 aliphatic rings. The molecule has 0 saturated heterocycles. The number of amides is 1. The highest BCUT2D eigenvalue weighted by atomic mass is 32.1. The number of thiazole rings is 1. The van der Waals surface area contributed by atoms with Gasteiger partial charge in [0.15, 0.2) is 0 Å². The molecule has 2 atom stereocenters. The van der Waals surface area contributed by atoms with Crippen LogP contribution in [-0.2, 0) is 11.3 Å². The van der Waals surface area contributed by atoms with Crippen molar-refractivity contribution in [2.75, 3.05) is 0 Å². The molecule has 0 radical (unpaired) electrons. The molecule has 1 saturated carbocycles. The molecule has 100 valence electrons. The van der Waals surface area contributed by atoms with Crippen LogP contribution in [0.2, 0.25) is 0 Å². The Balaban J connectivity index is 1.86. The number of carbonyl (C=O) groups is 1. The molecule has 3 N–H and O–H groups in total. The van der Waals surface area contributed by atoms with Crippen LogP contribution in [0.1, 0.15) is 42.0 Å². The van der Waals surface area contributed by atoms with E-state index in [1.807, 2.05) is 13.1 Å². The molecule has 5 heteroatoms. The Hall–Kier alpha value is -0.940. The minimum absolute atomic E-state index is 0.0190. The summed E-state index contributed by atoms with van der Waals surface area (Å²) in [5.74, 6) is 0.0748. The van der Waals surface area contributed by atoms with E-state index < -0.39 is 0 Å². The molecule has 1 aromatic rings. The number of nitrogens with one attached hydrogen (secondary N) is 1. The van der Waals surface area contributed by atoms with E-state index in [1.54, 1.807) is 11.3 Å². The van der Waals surface area contributed by atoms with Gasteiger partial charge in [-0.2, -0.15) is 0 Å². The number of hydrogen-bond donors (Lipinski definition) is 2. The first-order valence-corrected chi connectivity index (χ1v) is 7.43. The Morgan fingerprint density at radius 3 is 3.00 bits per heavy atom. The molecular formula is C13H21N3OS. The molecule has 1 aromatic heterocycles. The fourth-order valence-corrected chi connectivity index (χ4v) is 3.17. The van der Waals surface area contributed by atoms with Crippen LogP contribution in [0.3, 0.4) is 0 Å². The second-order valence-corrected chi connectivity index (χ2v) is 6.31. The summed E-state index contributed by atoms with van der Waals surface area (Å²) in [6.07, 6.45) is 7.18. The fraction of sp³-hybridized carbons (Fsp3) is 0.692. The zero-order chi connectivity index (χ0) is 13.0. The minimum atomic E-state index is -0.0199. The first-order valence-electron chi connectivity index (χ1n) is 6.61. The molecule has 1 heterocycles. The molecule has 1 amide bonds. The Labute approximate surface area is 112 Å². The molecule has 2 unspecified atom stereocenters. The van der Waals surface area contributed by atoms with E-state index in [9.17, 15) is 4.79 Å². The lowest BCUT2D eigenvalue weighted by Crippen LogP contribution is -2.41. The highest BCUT2D eigenvalue weighted by Gasteiger charge is 2.26. The summed E-state index contributed by atoms with van der Waals surface area (Å²) in [5, 5.41) is 3.93. The number of aromatic nitrogens is 1. The van der Waals surface area contributed by atoms with E-state index in [2.05, 4.69) is 10.3 Å². The van der Waals surface area contributed by atoms with Gasteiger partial charge < -0.3 is 11.1 Å². The molecule has 0 aliphatic heterocycles. The number of aryl methyl sites for hydroxylation is 1. The minimum Gasteiger partial charge on any atom is -0.349 e. The molecule has 2 rings (SSSR count). The van der Waals surface area contributed by atoms with Crippen molar-refractivity contribution < 1.29 is 4.79 Å². The Morgan fingerprint density at radius 2 is 2.28 bits per heavy atom.